The van der Waals surface area contributed by atoms with Crippen LogP contribution >= 0.6 is 0 Å². The minimum Gasteiger partial charge on any atom is -0.480 e. The number of carbonyl (C=O) groups excluding carboxylic acids is 1. The molecule has 1 atom stereocenters. The topological polar surface area (TPSA) is 75.4 Å². The summed E-state index contributed by atoms with van der Waals surface area (Å²) in [6, 6.07) is 6.31. The van der Waals surface area contributed by atoms with Crippen molar-refractivity contribution in [3.63, 3.8) is 0 Å². The molecule has 0 spiro atoms. The van der Waals surface area contributed by atoms with Crippen LogP contribution in [0, 0.1) is 12.7 Å². The van der Waals surface area contributed by atoms with Gasteiger partial charge in [0.1, 0.15) is 12.4 Å². The second-order valence-electron chi connectivity index (χ2n) is 6.76. The van der Waals surface area contributed by atoms with E-state index in [0.29, 0.717) is 13.1 Å². The number of piperidine rings is 1. The highest BCUT2D eigenvalue weighted by molar-refractivity contribution is 5.79. The third-order valence-corrected chi connectivity index (χ3v) is 4.80. The van der Waals surface area contributed by atoms with E-state index in [2.05, 4.69) is 5.10 Å². The van der Waals surface area contributed by atoms with Crippen molar-refractivity contribution in [2.75, 3.05) is 13.1 Å². The van der Waals surface area contributed by atoms with Gasteiger partial charge in [0.15, 0.2) is 0 Å². The number of hydrogen-bond acceptors (Lipinski definition) is 3. The Balaban J connectivity index is 1.65. The van der Waals surface area contributed by atoms with E-state index in [1.165, 1.54) is 16.8 Å². The summed E-state index contributed by atoms with van der Waals surface area (Å²) < 4.78 is 14.6. The van der Waals surface area contributed by atoms with Crippen LogP contribution in [0.1, 0.15) is 35.6 Å². The van der Waals surface area contributed by atoms with Crippen molar-refractivity contribution in [2.24, 2.45) is 0 Å². The van der Waals surface area contributed by atoms with Gasteiger partial charge in [0.05, 0.1) is 12.1 Å². The van der Waals surface area contributed by atoms with Crippen LogP contribution in [0.5, 0.6) is 0 Å². The molecule has 7 heteroatoms. The highest BCUT2D eigenvalue weighted by Gasteiger charge is 2.26. The van der Waals surface area contributed by atoms with Crippen molar-refractivity contribution in [1.29, 1.82) is 0 Å². The third kappa shape index (κ3) is 4.28. The predicted octanol–water partition coefficient (Wildman–Crippen LogP) is 2.36. The van der Waals surface area contributed by atoms with Crippen LogP contribution < -0.4 is 0 Å². The monoisotopic (exact) mass is 359 g/mol. The summed E-state index contributed by atoms with van der Waals surface area (Å²) >= 11 is 0. The maximum atomic E-state index is 13.2. The van der Waals surface area contributed by atoms with Gasteiger partial charge in [0.25, 0.3) is 0 Å². The van der Waals surface area contributed by atoms with Gasteiger partial charge < -0.3 is 10.0 Å². The molecule has 1 saturated heterocycles. The Morgan fingerprint density at radius 2 is 2.15 bits per heavy atom. The van der Waals surface area contributed by atoms with Gasteiger partial charge in [-0.25, -0.2) is 4.39 Å². The summed E-state index contributed by atoms with van der Waals surface area (Å²) in [6.45, 7) is 2.91. The molecule has 1 aromatic carbocycles. The first-order chi connectivity index (χ1) is 12.4. The normalized spacial score (nSPS) is 17.3. The van der Waals surface area contributed by atoms with E-state index in [-0.39, 0.29) is 30.6 Å². The molecule has 2 aromatic rings. The van der Waals surface area contributed by atoms with Gasteiger partial charge in [-0.1, -0.05) is 6.07 Å². The number of carboxylic acids is 1. The smallest absolute Gasteiger partial charge is 0.325 e. The lowest BCUT2D eigenvalue weighted by molar-refractivity contribution is -0.138. The zero-order chi connectivity index (χ0) is 18.7. The number of aryl methyl sites for hydroxylation is 1. The zero-order valence-corrected chi connectivity index (χ0v) is 14.7. The maximum absolute atomic E-state index is 13.2. The van der Waals surface area contributed by atoms with Crippen molar-refractivity contribution in [3.8, 4) is 0 Å². The van der Waals surface area contributed by atoms with Crippen LogP contribution in [0.2, 0.25) is 0 Å². The molecule has 6 nitrogen and oxygen atoms in total. The Kier molecular flexibility index (Phi) is 5.35. The fourth-order valence-electron chi connectivity index (χ4n) is 3.40. The second-order valence-corrected chi connectivity index (χ2v) is 6.76. The predicted molar refractivity (Wildman–Crippen MR) is 93.3 cm³/mol. The lowest BCUT2D eigenvalue weighted by Crippen LogP contribution is -2.40. The number of carboxylic acid groups (broad SMARTS) is 1. The molecule has 1 fully saturated rings. The number of halogens is 1. The van der Waals surface area contributed by atoms with Crippen LogP contribution in [0.4, 0.5) is 4.39 Å². The molecule has 0 radical (unpaired) electrons. The first kappa shape index (κ1) is 18.1. The molecule has 26 heavy (non-hydrogen) atoms. The Hall–Kier alpha value is -2.70. The summed E-state index contributed by atoms with van der Waals surface area (Å²) in [5.74, 6) is -1.10. The summed E-state index contributed by atoms with van der Waals surface area (Å²) in [6.07, 6.45) is 3.71. The zero-order valence-electron chi connectivity index (χ0n) is 14.7. The third-order valence-electron chi connectivity index (χ3n) is 4.80. The summed E-state index contributed by atoms with van der Waals surface area (Å²) in [5.41, 5.74) is 2.44. The SMILES string of the molecule is Cc1cc(F)ccc1CC(=O)N1CCCC(c2ccn(CC(=O)O)n2)C1. The lowest BCUT2D eigenvalue weighted by atomic mass is 9.94. The largest absolute Gasteiger partial charge is 0.480 e. The van der Waals surface area contributed by atoms with Gasteiger partial charge in [-0.05, 0) is 49.1 Å². The molecule has 0 aliphatic carbocycles. The number of aliphatic carboxylic acids is 1. The van der Waals surface area contributed by atoms with Gasteiger partial charge >= 0.3 is 5.97 Å². The average molecular weight is 359 g/mol. The molecule has 2 heterocycles. The quantitative estimate of drug-likeness (QED) is 0.889. The Bertz CT molecular complexity index is 818. The van der Waals surface area contributed by atoms with Crippen LogP contribution in [0.15, 0.2) is 30.5 Å². The van der Waals surface area contributed by atoms with Crippen LogP contribution in [0.25, 0.3) is 0 Å². The number of amides is 1. The summed E-state index contributed by atoms with van der Waals surface area (Å²) in [7, 11) is 0. The minimum absolute atomic E-state index is 0.0226. The molecule has 0 bridgehead atoms. The number of hydrogen-bond donors (Lipinski definition) is 1. The van der Waals surface area contributed by atoms with E-state index < -0.39 is 5.97 Å². The van der Waals surface area contributed by atoms with E-state index >= 15 is 0 Å². The van der Waals surface area contributed by atoms with E-state index in [4.69, 9.17) is 5.11 Å². The molecule has 3 rings (SSSR count). The standard InChI is InChI=1S/C19H22FN3O3/c1-13-9-16(20)5-4-14(13)10-18(24)22-7-2-3-15(11-22)17-6-8-23(21-17)12-19(25)26/h4-6,8-9,15H,2-3,7,10-12H2,1H3,(H,25,26). The summed E-state index contributed by atoms with van der Waals surface area (Å²) in [5, 5.41) is 13.2. The molecule has 1 aliphatic heterocycles. The molecule has 1 unspecified atom stereocenters. The van der Waals surface area contributed by atoms with E-state index in [1.54, 1.807) is 19.2 Å². The van der Waals surface area contributed by atoms with Crippen molar-refractivity contribution in [2.45, 2.75) is 38.6 Å². The van der Waals surface area contributed by atoms with Crippen molar-refractivity contribution >= 4 is 11.9 Å². The highest BCUT2D eigenvalue weighted by Crippen LogP contribution is 2.26. The van der Waals surface area contributed by atoms with Gasteiger partial charge in [-0.2, -0.15) is 5.10 Å². The minimum atomic E-state index is -0.935. The summed E-state index contributed by atoms with van der Waals surface area (Å²) in [4.78, 5) is 25.3. The number of nitrogens with zero attached hydrogens (tertiary/aromatic N) is 3. The number of benzene rings is 1. The average Bonchev–Trinajstić information content (AvgIpc) is 3.05. The fraction of sp³-hybridized carbons (Fsp3) is 0.421. The van der Waals surface area contributed by atoms with E-state index in [1.807, 2.05) is 11.0 Å². The Labute approximate surface area is 151 Å². The maximum Gasteiger partial charge on any atom is 0.325 e. The number of rotatable bonds is 5. The van der Waals surface area contributed by atoms with Gasteiger partial charge in [0.2, 0.25) is 5.91 Å². The number of carbonyl (C=O) groups is 2. The second kappa shape index (κ2) is 7.68. The molecule has 1 amide bonds. The molecule has 1 aromatic heterocycles. The molecular formula is C19H22FN3O3. The van der Waals surface area contributed by atoms with E-state index in [0.717, 1.165) is 29.7 Å². The van der Waals surface area contributed by atoms with Crippen molar-refractivity contribution in [3.05, 3.63) is 53.1 Å². The number of aromatic nitrogens is 2. The first-order valence-corrected chi connectivity index (χ1v) is 8.70. The van der Waals surface area contributed by atoms with Crippen LogP contribution in [-0.4, -0.2) is 44.8 Å². The Morgan fingerprint density at radius 3 is 2.88 bits per heavy atom. The molecular weight excluding hydrogens is 337 g/mol. The van der Waals surface area contributed by atoms with Gasteiger partial charge in [-0.3, -0.25) is 14.3 Å². The fourth-order valence-corrected chi connectivity index (χ4v) is 3.40. The van der Waals surface area contributed by atoms with Crippen molar-refractivity contribution in [1.82, 2.24) is 14.7 Å². The first-order valence-electron chi connectivity index (χ1n) is 8.70. The number of likely N-dealkylation sites (tertiary alicyclic amines) is 1. The van der Waals surface area contributed by atoms with E-state index in [9.17, 15) is 14.0 Å². The lowest BCUT2D eigenvalue weighted by Gasteiger charge is -2.32. The molecule has 138 valence electrons. The molecule has 0 saturated carbocycles. The molecule has 1 aliphatic rings. The Morgan fingerprint density at radius 1 is 1.35 bits per heavy atom. The highest BCUT2D eigenvalue weighted by atomic mass is 19.1. The van der Waals surface area contributed by atoms with Crippen LogP contribution in [0.3, 0.4) is 0 Å². The molecule has 1 N–H and O–H groups in total. The van der Waals surface area contributed by atoms with Gasteiger partial charge in [0, 0.05) is 25.2 Å². The van der Waals surface area contributed by atoms with Crippen LogP contribution in [-0.2, 0) is 22.6 Å². The van der Waals surface area contributed by atoms with Gasteiger partial charge in [-0.15, -0.1) is 0 Å². The van der Waals surface area contributed by atoms with Crippen molar-refractivity contribution < 1.29 is 19.1 Å².